The zero-order valence-electron chi connectivity index (χ0n) is 5.91. The van der Waals surface area contributed by atoms with Gasteiger partial charge in [0.2, 0.25) is 0 Å². The minimum absolute atomic E-state index is 0. The predicted octanol–water partition coefficient (Wildman–Crippen LogP) is -2.32. The zero-order valence-corrected chi connectivity index (χ0v) is 8.56. The van der Waals surface area contributed by atoms with E-state index in [1.165, 1.54) is 0 Å². The monoisotopic (exact) mass is 230 g/mol. The minimum Gasteiger partial charge on any atom is -1.00 e. The van der Waals surface area contributed by atoms with Crippen molar-refractivity contribution in [2.45, 2.75) is 0 Å². The van der Waals surface area contributed by atoms with Crippen LogP contribution in [0.1, 0.15) is 5.71 Å². The van der Waals surface area contributed by atoms with Crippen molar-refractivity contribution in [2.24, 2.45) is 0 Å². The maximum Gasteiger partial charge on any atom is 2.00 e. The average Bonchev–Trinajstić information content (AvgIpc) is 0. The number of hydrogen-bond donors (Lipinski definition) is 0. The molecule has 0 unspecified atom stereocenters. The standard InChI is InChI=1S/Al.Ba.Ca.H2O.7H/h;;;1H2;;;;;;;/q;2*+2;;;;;4*-1. The van der Waals surface area contributed by atoms with Crippen LogP contribution in [0.5, 0.6) is 0 Å². The SMILES string of the molecule is O.[AlH3].[Ba+2].[Ca+2].[H-].[H-].[H-].[H-]. The van der Waals surface area contributed by atoms with Gasteiger partial charge >= 0.3 is 86.6 Å². The van der Waals surface area contributed by atoms with Gasteiger partial charge in [-0.3, -0.25) is 0 Å². The van der Waals surface area contributed by atoms with Crippen molar-refractivity contribution in [3.63, 3.8) is 0 Å². The molecule has 0 aromatic rings. The van der Waals surface area contributed by atoms with Gasteiger partial charge in [-0.05, 0) is 0 Å². The number of rotatable bonds is 0. The van der Waals surface area contributed by atoms with Crippen LogP contribution >= 0.6 is 0 Å². The van der Waals surface area contributed by atoms with Gasteiger partial charge in [0.15, 0.2) is 17.4 Å². The van der Waals surface area contributed by atoms with Gasteiger partial charge < -0.3 is 11.2 Å². The van der Waals surface area contributed by atoms with Crippen molar-refractivity contribution < 1.29 is 11.2 Å². The molecule has 4 heteroatoms. The molecule has 2 N–H and O–H groups in total. The Morgan fingerprint density at radius 2 is 1.25 bits per heavy atom. The topological polar surface area (TPSA) is 31.5 Å². The maximum atomic E-state index is 0. The van der Waals surface area contributed by atoms with Crippen LogP contribution in [-0.2, 0) is 0 Å². The van der Waals surface area contributed by atoms with Gasteiger partial charge in [0, 0.05) is 0 Å². The molecule has 0 aliphatic carbocycles. The molecule has 0 heterocycles. The van der Waals surface area contributed by atoms with Crippen LogP contribution in [0.25, 0.3) is 0 Å². The van der Waals surface area contributed by atoms with E-state index in [4.69, 9.17) is 0 Å². The molecule has 0 saturated heterocycles. The normalized spacial score (nSPS) is 0. The summed E-state index contributed by atoms with van der Waals surface area (Å²) < 4.78 is 0. The summed E-state index contributed by atoms with van der Waals surface area (Å²) in [5.41, 5.74) is 0. The van der Waals surface area contributed by atoms with E-state index in [1.54, 1.807) is 0 Å². The Morgan fingerprint density at radius 1 is 1.25 bits per heavy atom. The molecule has 0 bridgehead atoms. The van der Waals surface area contributed by atoms with E-state index in [-0.39, 0.29) is 115 Å². The molecular formula is H9AlBaCaO. The summed E-state index contributed by atoms with van der Waals surface area (Å²) in [5.74, 6) is 0. The Bertz CT molecular complexity index is 16.0. The van der Waals surface area contributed by atoms with Gasteiger partial charge in [0.1, 0.15) is 0 Å². The summed E-state index contributed by atoms with van der Waals surface area (Å²) in [6.07, 6.45) is 0. The largest absolute Gasteiger partial charge is 2.00 e. The van der Waals surface area contributed by atoms with Crippen molar-refractivity contribution in [1.82, 2.24) is 0 Å². The number of hydrogen-bond acceptors (Lipinski definition) is 0. The van der Waals surface area contributed by atoms with Crippen LogP contribution in [-0.4, -0.2) is 109 Å². The first kappa shape index (κ1) is 26.5. The Labute approximate surface area is 112 Å². The molecule has 0 radical (unpaired) electrons. The minimum atomic E-state index is 0. The third-order valence-corrected chi connectivity index (χ3v) is 0. The molecule has 0 aromatic carbocycles. The van der Waals surface area contributed by atoms with Gasteiger partial charge in [0.25, 0.3) is 0 Å². The Hall–Kier alpha value is 3.32. The average molecular weight is 229 g/mol. The summed E-state index contributed by atoms with van der Waals surface area (Å²) in [7, 11) is 0. The summed E-state index contributed by atoms with van der Waals surface area (Å²) in [6, 6.07) is 0. The van der Waals surface area contributed by atoms with Crippen LogP contribution in [0.2, 0.25) is 0 Å². The third kappa shape index (κ3) is 9.01. The fourth-order valence-corrected chi connectivity index (χ4v) is 0. The van der Waals surface area contributed by atoms with Gasteiger partial charge in [-0.2, -0.15) is 0 Å². The molecule has 0 saturated carbocycles. The van der Waals surface area contributed by atoms with Gasteiger partial charge in [-0.25, -0.2) is 0 Å². The predicted molar refractivity (Wildman–Crippen MR) is 29.5 cm³/mol. The van der Waals surface area contributed by atoms with Crippen molar-refractivity contribution >= 4 is 104 Å². The van der Waals surface area contributed by atoms with Gasteiger partial charge in [-0.15, -0.1) is 0 Å². The molecule has 0 aliphatic heterocycles. The van der Waals surface area contributed by atoms with Gasteiger partial charge in [0.05, 0.1) is 0 Å². The summed E-state index contributed by atoms with van der Waals surface area (Å²) in [4.78, 5) is 0. The summed E-state index contributed by atoms with van der Waals surface area (Å²) in [6.45, 7) is 0. The Kier molecular flexibility index (Phi) is 108. The molecule has 0 rings (SSSR count). The smallest absolute Gasteiger partial charge is 1.00 e. The Balaban J connectivity index is 0. The van der Waals surface area contributed by atoms with Crippen molar-refractivity contribution in [3.8, 4) is 0 Å². The maximum absolute atomic E-state index is 0. The van der Waals surface area contributed by atoms with Crippen molar-refractivity contribution in [3.05, 3.63) is 0 Å². The van der Waals surface area contributed by atoms with E-state index in [0.29, 0.717) is 0 Å². The molecular weight excluding hydrogens is 220 g/mol. The van der Waals surface area contributed by atoms with Crippen molar-refractivity contribution in [2.75, 3.05) is 0 Å². The first-order valence-corrected chi connectivity index (χ1v) is 0. The van der Waals surface area contributed by atoms with E-state index in [2.05, 4.69) is 0 Å². The van der Waals surface area contributed by atoms with Crippen LogP contribution in [0, 0.1) is 0 Å². The molecule has 4 heavy (non-hydrogen) atoms. The van der Waals surface area contributed by atoms with Crippen LogP contribution in [0.3, 0.4) is 0 Å². The zero-order chi connectivity index (χ0) is 0. The van der Waals surface area contributed by atoms with Gasteiger partial charge in [-0.1, -0.05) is 0 Å². The van der Waals surface area contributed by atoms with Crippen LogP contribution in [0.15, 0.2) is 0 Å². The Morgan fingerprint density at radius 3 is 1.25 bits per heavy atom. The fraction of sp³-hybridized carbons (Fsp3) is 0. The first-order valence-electron chi connectivity index (χ1n) is 0. The molecule has 0 aliphatic rings. The molecule has 0 spiro atoms. The van der Waals surface area contributed by atoms with E-state index in [0.717, 1.165) is 0 Å². The molecule has 0 fully saturated rings. The first-order chi connectivity index (χ1) is 0. The molecule has 0 amide bonds. The second kappa shape index (κ2) is 16.2. The van der Waals surface area contributed by atoms with Crippen molar-refractivity contribution in [1.29, 1.82) is 0 Å². The van der Waals surface area contributed by atoms with Crippen LogP contribution < -0.4 is 0 Å². The molecule has 1 nitrogen and oxygen atoms in total. The van der Waals surface area contributed by atoms with E-state index in [9.17, 15) is 0 Å². The molecule has 22 valence electrons. The molecule has 0 aromatic heterocycles. The second-order valence-electron chi connectivity index (χ2n) is 0. The quantitative estimate of drug-likeness (QED) is 0.418. The summed E-state index contributed by atoms with van der Waals surface area (Å²) in [5, 5.41) is 0. The van der Waals surface area contributed by atoms with Crippen LogP contribution in [0.4, 0.5) is 0 Å². The van der Waals surface area contributed by atoms with E-state index < -0.39 is 0 Å². The molecule has 0 atom stereocenters. The second-order valence-corrected chi connectivity index (χ2v) is 0. The fourth-order valence-electron chi connectivity index (χ4n) is 0. The third-order valence-electron chi connectivity index (χ3n) is 0. The summed E-state index contributed by atoms with van der Waals surface area (Å²) >= 11 is 0. The van der Waals surface area contributed by atoms with E-state index in [1.807, 2.05) is 0 Å². The van der Waals surface area contributed by atoms with E-state index >= 15 is 0 Å².